The summed E-state index contributed by atoms with van der Waals surface area (Å²) in [6.45, 7) is 3.32. The van der Waals surface area contributed by atoms with Gasteiger partial charge in [-0.3, -0.25) is 0 Å². The number of ether oxygens (including phenoxy) is 2. The lowest BCUT2D eigenvalue weighted by Crippen LogP contribution is -2.01. The normalized spacial score (nSPS) is 10.3. The van der Waals surface area contributed by atoms with Crippen molar-refractivity contribution in [3.05, 3.63) is 39.0 Å². The van der Waals surface area contributed by atoms with Gasteiger partial charge in [-0.1, -0.05) is 0 Å². The largest absolute Gasteiger partial charge is 0.493 e. The third-order valence-electron chi connectivity index (χ3n) is 2.60. The molecule has 1 N–H and O–H groups in total. The molecule has 2 rings (SSSR count). The van der Waals surface area contributed by atoms with Crippen molar-refractivity contribution in [1.82, 2.24) is 0 Å². The first-order chi connectivity index (χ1) is 9.24. The molecule has 0 aliphatic heterocycles. The van der Waals surface area contributed by atoms with Crippen LogP contribution in [0.2, 0.25) is 0 Å². The number of anilines is 1. The Kier molecular flexibility index (Phi) is 5.10. The number of thiophene rings is 1. The average molecular weight is 342 g/mol. The maximum atomic E-state index is 5.57. The second-order valence-electron chi connectivity index (χ2n) is 3.91. The van der Waals surface area contributed by atoms with Crippen LogP contribution in [0.5, 0.6) is 11.5 Å². The first-order valence-electron chi connectivity index (χ1n) is 6.00. The Morgan fingerprint density at radius 1 is 1.37 bits per heavy atom. The molecular weight excluding hydrogens is 326 g/mol. The molecule has 0 amide bonds. The molecule has 1 heterocycles. The van der Waals surface area contributed by atoms with Crippen LogP contribution in [0.3, 0.4) is 0 Å². The summed E-state index contributed by atoms with van der Waals surface area (Å²) in [7, 11) is 1.65. The lowest BCUT2D eigenvalue weighted by molar-refractivity contribution is 0.308. The van der Waals surface area contributed by atoms with Gasteiger partial charge in [0.25, 0.3) is 0 Å². The second-order valence-corrected chi connectivity index (χ2v) is 5.54. The molecule has 0 saturated heterocycles. The number of nitrogens with one attached hydrogen (secondary N) is 1. The molecule has 102 valence electrons. The highest BCUT2D eigenvalue weighted by molar-refractivity contribution is 9.10. The van der Waals surface area contributed by atoms with E-state index in [0.717, 1.165) is 33.8 Å². The summed E-state index contributed by atoms with van der Waals surface area (Å²) in [5, 5.41) is 7.50. The predicted molar refractivity (Wildman–Crippen MR) is 83.5 cm³/mol. The molecular formula is C14H16BrNO2S. The van der Waals surface area contributed by atoms with E-state index in [1.165, 1.54) is 0 Å². The number of methoxy groups -OCH3 is 1. The van der Waals surface area contributed by atoms with Crippen LogP contribution in [0.25, 0.3) is 0 Å². The van der Waals surface area contributed by atoms with E-state index < -0.39 is 0 Å². The van der Waals surface area contributed by atoms with Gasteiger partial charge < -0.3 is 14.8 Å². The third-order valence-corrected chi connectivity index (χ3v) is 3.87. The van der Waals surface area contributed by atoms with Crippen LogP contribution in [0.15, 0.2) is 33.4 Å². The molecule has 0 unspecified atom stereocenters. The number of halogens is 1. The zero-order valence-corrected chi connectivity index (χ0v) is 13.3. The molecule has 0 bridgehead atoms. The van der Waals surface area contributed by atoms with E-state index in [1.807, 2.05) is 19.1 Å². The van der Waals surface area contributed by atoms with Gasteiger partial charge in [-0.2, -0.15) is 11.3 Å². The maximum Gasteiger partial charge on any atom is 0.175 e. The van der Waals surface area contributed by atoms with E-state index in [2.05, 4.69) is 38.1 Å². The molecule has 2 aromatic rings. The maximum absolute atomic E-state index is 5.57. The van der Waals surface area contributed by atoms with Crippen LogP contribution < -0.4 is 14.8 Å². The van der Waals surface area contributed by atoms with Gasteiger partial charge in [0.1, 0.15) is 0 Å². The smallest absolute Gasteiger partial charge is 0.175 e. The Morgan fingerprint density at radius 3 is 2.84 bits per heavy atom. The van der Waals surface area contributed by atoms with Crippen molar-refractivity contribution in [2.45, 2.75) is 13.5 Å². The molecule has 0 aliphatic carbocycles. The van der Waals surface area contributed by atoms with Crippen LogP contribution in [-0.4, -0.2) is 13.7 Å². The van der Waals surface area contributed by atoms with E-state index in [9.17, 15) is 0 Å². The topological polar surface area (TPSA) is 30.5 Å². The summed E-state index contributed by atoms with van der Waals surface area (Å²) in [6.07, 6.45) is 0. The Balaban J connectivity index is 2.15. The summed E-state index contributed by atoms with van der Waals surface area (Å²) in [6, 6.07) is 6.10. The van der Waals surface area contributed by atoms with Crippen molar-refractivity contribution in [2.24, 2.45) is 0 Å². The van der Waals surface area contributed by atoms with E-state index in [4.69, 9.17) is 9.47 Å². The zero-order valence-electron chi connectivity index (χ0n) is 10.9. The standard InChI is InChI=1S/C14H16BrNO2S/c1-3-18-14-12(15)6-10(7-13(14)17-2)8-16-11-4-5-19-9-11/h4-7,9,16H,3,8H2,1-2H3. The number of benzene rings is 1. The minimum Gasteiger partial charge on any atom is -0.493 e. The van der Waals surface area contributed by atoms with E-state index in [1.54, 1.807) is 18.4 Å². The molecule has 0 atom stereocenters. The number of hydrogen-bond acceptors (Lipinski definition) is 4. The Labute approximate surface area is 125 Å². The first-order valence-corrected chi connectivity index (χ1v) is 7.73. The van der Waals surface area contributed by atoms with E-state index in [-0.39, 0.29) is 0 Å². The predicted octanol–water partition coefficient (Wildman–Crippen LogP) is 4.53. The van der Waals surface area contributed by atoms with Crippen molar-refractivity contribution < 1.29 is 9.47 Å². The molecule has 1 aromatic heterocycles. The number of rotatable bonds is 6. The molecule has 1 aromatic carbocycles. The number of hydrogen-bond donors (Lipinski definition) is 1. The monoisotopic (exact) mass is 341 g/mol. The fourth-order valence-electron chi connectivity index (χ4n) is 1.73. The van der Waals surface area contributed by atoms with Crippen LogP contribution >= 0.6 is 27.3 Å². The SMILES string of the molecule is CCOc1c(Br)cc(CNc2ccsc2)cc1OC. The molecule has 0 aliphatic rings. The van der Waals surface area contributed by atoms with Gasteiger partial charge in [0.2, 0.25) is 0 Å². The van der Waals surface area contributed by atoms with Crippen LogP contribution in [0.1, 0.15) is 12.5 Å². The summed E-state index contributed by atoms with van der Waals surface area (Å²) in [5.41, 5.74) is 2.27. The van der Waals surface area contributed by atoms with Gasteiger partial charge in [0, 0.05) is 17.6 Å². The van der Waals surface area contributed by atoms with Gasteiger partial charge in [0.15, 0.2) is 11.5 Å². The van der Waals surface area contributed by atoms with E-state index in [0.29, 0.717) is 6.61 Å². The van der Waals surface area contributed by atoms with Crippen molar-refractivity contribution in [1.29, 1.82) is 0 Å². The third kappa shape index (κ3) is 3.64. The molecule has 19 heavy (non-hydrogen) atoms. The van der Waals surface area contributed by atoms with Crippen LogP contribution in [0.4, 0.5) is 5.69 Å². The van der Waals surface area contributed by atoms with Crippen molar-refractivity contribution in [3.8, 4) is 11.5 Å². The highest BCUT2D eigenvalue weighted by Crippen LogP contribution is 2.36. The molecule has 0 fully saturated rings. The second kappa shape index (κ2) is 6.82. The highest BCUT2D eigenvalue weighted by atomic mass is 79.9. The van der Waals surface area contributed by atoms with Crippen molar-refractivity contribution in [3.63, 3.8) is 0 Å². The minimum atomic E-state index is 0.613. The van der Waals surface area contributed by atoms with Gasteiger partial charge in [0.05, 0.1) is 18.2 Å². The van der Waals surface area contributed by atoms with Gasteiger partial charge in [-0.15, -0.1) is 0 Å². The zero-order chi connectivity index (χ0) is 13.7. The lowest BCUT2D eigenvalue weighted by atomic mass is 10.2. The average Bonchev–Trinajstić information content (AvgIpc) is 2.92. The quantitative estimate of drug-likeness (QED) is 0.837. The lowest BCUT2D eigenvalue weighted by Gasteiger charge is -2.13. The molecule has 0 spiro atoms. The molecule has 5 heteroatoms. The summed E-state index contributed by atoms with van der Waals surface area (Å²) in [4.78, 5) is 0. The van der Waals surface area contributed by atoms with Crippen molar-refractivity contribution in [2.75, 3.05) is 19.0 Å². The Hall–Kier alpha value is -1.20. The molecule has 0 radical (unpaired) electrons. The van der Waals surface area contributed by atoms with E-state index >= 15 is 0 Å². The summed E-state index contributed by atoms with van der Waals surface area (Å²) < 4.78 is 11.9. The van der Waals surface area contributed by atoms with Crippen LogP contribution in [0, 0.1) is 0 Å². The minimum absolute atomic E-state index is 0.613. The van der Waals surface area contributed by atoms with Crippen molar-refractivity contribution >= 4 is 33.0 Å². The Bertz CT molecular complexity index is 528. The highest BCUT2D eigenvalue weighted by Gasteiger charge is 2.11. The van der Waals surface area contributed by atoms with Crippen LogP contribution in [-0.2, 0) is 6.54 Å². The van der Waals surface area contributed by atoms with Gasteiger partial charge in [-0.25, -0.2) is 0 Å². The molecule has 3 nitrogen and oxygen atoms in total. The first kappa shape index (κ1) is 14.2. The van der Waals surface area contributed by atoms with Gasteiger partial charge in [-0.05, 0) is 52.0 Å². The summed E-state index contributed by atoms with van der Waals surface area (Å²) >= 11 is 5.21. The molecule has 0 saturated carbocycles. The van der Waals surface area contributed by atoms with Gasteiger partial charge >= 0.3 is 0 Å². The summed E-state index contributed by atoms with van der Waals surface area (Å²) in [5.74, 6) is 1.50. The fourth-order valence-corrected chi connectivity index (χ4v) is 2.95. The fraction of sp³-hybridized carbons (Fsp3) is 0.286. The Morgan fingerprint density at radius 2 is 2.21 bits per heavy atom.